The smallest absolute Gasteiger partial charge is 0.295 e. The van der Waals surface area contributed by atoms with Crippen LogP contribution in [0.4, 0.5) is 0 Å². The molecule has 9 nitrogen and oxygen atoms in total. The zero-order valence-electron chi connectivity index (χ0n) is 23.2. The molecule has 0 spiro atoms. The van der Waals surface area contributed by atoms with Crippen LogP contribution < -0.4 is 9.47 Å². The third-order valence-electron chi connectivity index (χ3n) is 7.60. The summed E-state index contributed by atoms with van der Waals surface area (Å²) in [5.41, 5.74) is 3.11. The number of benzene rings is 3. The van der Waals surface area contributed by atoms with Gasteiger partial charge in [0, 0.05) is 31.7 Å². The Kier molecular flexibility index (Phi) is 8.56. The standard InChI is InChI=1S/C32H34N2O7/c1-21-5-3-4-6-24(21)20-41-25-10-7-22(8-11-25)30(36)28-29(23-9-12-26(35)27(19-23)39-2)34(32(38)31(28)37)14-13-33-15-17-40-18-16-33/h3-12,19,29,35-36H,13-18,20H2,1-2H3/b30-28+/t29-/m0/s1. The third kappa shape index (κ3) is 6.06. The summed E-state index contributed by atoms with van der Waals surface area (Å²) in [5, 5.41) is 21.6. The zero-order valence-corrected chi connectivity index (χ0v) is 23.2. The number of phenols is 1. The van der Waals surface area contributed by atoms with Gasteiger partial charge in [-0.15, -0.1) is 0 Å². The van der Waals surface area contributed by atoms with E-state index in [1.54, 1.807) is 36.4 Å². The van der Waals surface area contributed by atoms with Crippen LogP contribution in [0.15, 0.2) is 72.3 Å². The van der Waals surface area contributed by atoms with Crippen LogP contribution in [-0.4, -0.2) is 78.2 Å². The first-order valence-electron chi connectivity index (χ1n) is 13.6. The molecule has 2 aliphatic rings. The van der Waals surface area contributed by atoms with Crippen LogP contribution in [0.2, 0.25) is 0 Å². The molecule has 2 saturated heterocycles. The molecule has 0 aromatic heterocycles. The number of ether oxygens (including phenoxy) is 3. The van der Waals surface area contributed by atoms with E-state index in [1.807, 2.05) is 31.2 Å². The number of carbonyl (C=O) groups excluding carboxylic acids is 2. The predicted octanol–water partition coefficient (Wildman–Crippen LogP) is 4.04. The quantitative estimate of drug-likeness (QED) is 0.230. The number of morpholine rings is 1. The number of aryl methyl sites for hydroxylation is 1. The van der Waals surface area contributed by atoms with Gasteiger partial charge in [-0.3, -0.25) is 14.5 Å². The first kappa shape index (κ1) is 28.2. The lowest BCUT2D eigenvalue weighted by Gasteiger charge is -2.31. The minimum atomic E-state index is -0.859. The van der Waals surface area contributed by atoms with Crippen molar-refractivity contribution in [1.29, 1.82) is 0 Å². The lowest BCUT2D eigenvalue weighted by Crippen LogP contribution is -2.42. The molecule has 214 valence electrons. The van der Waals surface area contributed by atoms with Gasteiger partial charge in [0.25, 0.3) is 11.7 Å². The number of aliphatic hydroxyl groups excluding tert-OH is 1. The number of nitrogens with zero attached hydrogens (tertiary/aromatic N) is 2. The molecular formula is C32H34N2O7. The van der Waals surface area contributed by atoms with Crippen molar-refractivity contribution in [1.82, 2.24) is 9.80 Å². The topological polar surface area (TPSA) is 109 Å². The fourth-order valence-corrected chi connectivity index (χ4v) is 5.19. The number of rotatable bonds is 9. The van der Waals surface area contributed by atoms with E-state index in [2.05, 4.69) is 4.90 Å². The van der Waals surface area contributed by atoms with E-state index in [0.29, 0.717) is 43.2 Å². The van der Waals surface area contributed by atoms with Crippen molar-refractivity contribution in [3.8, 4) is 17.2 Å². The second-order valence-electron chi connectivity index (χ2n) is 10.1. The van der Waals surface area contributed by atoms with E-state index in [-0.39, 0.29) is 29.4 Å². The fourth-order valence-electron chi connectivity index (χ4n) is 5.19. The normalized spacial score (nSPS) is 19.0. The summed E-state index contributed by atoms with van der Waals surface area (Å²) in [6.07, 6.45) is 0. The van der Waals surface area contributed by atoms with E-state index in [4.69, 9.17) is 14.2 Å². The minimum absolute atomic E-state index is 0.0155. The summed E-state index contributed by atoms with van der Waals surface area (Å²) in [6.45, 7) is 5.95. The van der Waals surface area contributed by atoms with Crippen molar-refractivity contribution < 1.29 is 34.0 Å². The van der Waals surface area contributed by atoms with Gasteiger partial charge in [0.2, 0.25) is 0 Å². The number of amides is 1. The van der Waals surface area contributed by atoms with Crippen LogP contribution >= 0.6 is 0 Å². The Morgan fingerprint density at radius 2 is 1.73 bits per heavy atom. The van der Waals surface area contributed by atoms with Crippen molar-refractivity contribution in [2.24, 2.45) is 0 Å². The maximum atomic E-state index is 13.4. The average molecular weight is 559 g/mol. The highest BCUT2D eigenvalue weighted by molar-refractivity contribution is 6.46. The monoisotopic (exact) mass is 558 g/mol. The van der Waals surface area contributed by atoms with Crippen LogP contribution in [0.3, 0.4) is 0 Å². The van der Waals surface area contributed by atoms with E-state index in [9.17, 15) is 19.8 Å². The van der Waals surface area contributed by atoms with Crippen LogP contribution in [-0.2, 0) is 20.9 Å². The van der Waals surface area contributed by atoms with E-state index >= 15 is 0 Å². The first-order valence-corrected chi connectivity index (χ1v) is 13.6. The summed E-state index contributed by atoms with van der Waals surface area (Å²) in [5.74, 6) is -0.981. The van der Waals surface area contributed by atoms with Crippen molar-refractivity contribution in [3.63, 3.8) is 0 Å². The SMILES string of the molecule is COc1cc([C@H]2/C(=C(\O)c3ccc(OCc4ccccc4C)cc3)C(=O)C(=O)N2CCN2CCOCC2)ccc1O. The molecule has 41 heavy (non-hydrogen) atoms. The van der Waals surface area contributed by atoms with E-state index in [1.165, 1.54) is 18.1 Å². The average Bonchev–Trinajstić information content (AvgIpc) is 3.25. The molecule has 0 unspecified atom stereocenters. The Morgan fingerprint density at radius 1 is 1.00 bits per heavy atom. The summed E-state index contributed by atoms with van der Waals surface area (Å²) in [7, 11) is 1.43. The summed E-state index contributed by atoms with van der Waals surface area (Å²) >= 11 is 0. The van der Waals surface area contributed by atoms with Gasteiger partial charge in [-0.25, -0.2) is 0 Å². The molecule has 3 aromatic rings. The summed E-state index contributed by atoms with van der Waals surface area (Å²) in [6, 6.07) is 18.6. The Hall–Kier alpha value is -4.34. The molecular weight excluding hydrogens is 524 g/mol. The van der Waals surface area contributed by atoms with Gasteiger partial charge >= 0.3 is 0 Å². The number of hydrogen-bond acceptors (Lipinski definition) is 8. The fraction of sp³-hybridized carbons (Fsp3) is 0.312. The van der Waals surface area contributed by atoms with Crippen molar-refractivity contribution in [2.75, 3.05) is 46.5 Å². The molecule has 1 amide bonds. The lowest BCUT2D eigenvalue weighted by atomic mass is 9.95. The van der Waals surface area contributed by atoms with E-state index < -0.39 is 17.7 Å². The van der Waals surface area contributed by atoms with E-state index in [0.717, 1.165) is 24.2 Å². The second kappa shape index (κ2) is 12.4. The summed E-state index contributed by atoms with van der Waals surface area (Å²) in [4.78, 5) is 30.4. The highest BCUT2D eigenvalue weighted by Gasteiger charge is 2.46. The van der Waals surface area contributed by atoms with Gasteiger partial charge in [-0.2, -0.15) is 0 Å². The van der Waals surface area contributed by atoms with Gasteiger partial charge in [0.1, 0.15) is 18.1 Å². The molecule has 0 aliphatic carbocycles. The molecule has 5 rings (SSSR count). The van der Waals surface area contributed by atoms with Crippen molar-refractivity contribution in [3.05, 3.63) is 94.6 Å². The molecule has 2 N–H and O–H groups in total. The number of ketones is 1. The second-order valence-corrected chi connectivity index (χ2v) is 10.1. The Morgan fingerprint density at radius 3 is 2.44 bits per heavy atom. The number of likely N-dealkylation sites (tertiary alicyclic amines) is 1. The number of carbonyl (C=O) groups is 2. The molecule has 2 aliphatic heterocycles. The van der Waals surface area contributed by atoms with Crippen LogP contribution in [0, 0.1) is 6.92 Å². The Bertz CT molecular complexity index is 1440. The molecule has 0 radical (unpaired) electrons. The number of methoxy groups -OCH3 is 1. The van der Waals surface area contributed by atoms with Gasteiger partial charge in [0.05, 0.1) is 31.9 Å². The molecule has 3 aromatic carbocycles. The third-order valence-corrected chi connectivity index (χ3v) is 7.60. The first-order chi connectivity index (χ1) is 19.9. The lowest BCUT2D eigenvalue weighted by molar-refractivity contribution is -0.140. The van der Waals surface area contributed by atoms with Crippen molar-refractivity contribution in [2.45, 2.75) is 19.6 Å². The maximum absolute atomic E-state index is 13.4. The molecule has 0 bridgehead atoms. The number of hydrogen-bond donors (Lipinski definition) is 2. The Labute approximate surface area is 239 Å². The number of aliphatic hydroxyl groups is 1. The molecule has 2 fully saturated rings. The van der Waals surface area contributed by atoms with Gasteiger partial charge in [-0.1, -0.05) is 30.3 Å². The number of aromatic hydroxyl groups is 1. The van der Waals surface area contributed by atoms with Gasteiger partial charge in [0.15, 0.2) is 11.5 Å². The van der Waals surface area contributed by atoms with Gasteiger partial charge in [-0.05, 0) is 60.0 Å². The number of phenolic OH excluding ortho intramolecular Hbond substituents is 1. The molecule has 0 saturated carbocycles. The molecule has 1 atom stereocenters. The van der Waals surface area contributed by atoms with Crippen LogP contribution in [0.25, 0.3) is 5.76 Å². The number of Topliss-reactive ketones (excluding diaryl/α,β-unsaturated/α-hetero) is 1. The minimum Gasteiger partial charge on any atom is -0.507 e. The maximum Gasteiger partial charge on any atom is 0.295 e. The van der Waals surface area contributed by atoms with Crippen LogP contribution in [0.5, 0.6) is 17.2 Å². The largest absolute Gasteiger partial charge is 0.507 e. The van der Waals surface area contributed by atoms with Crippen molar-refractivity contribution >= 4 is 17.4 Å². The summed E-state index contributed by atoms with van der Waals surface area (Å²) < 4.78 is 16.6. The van der Waals surface area contributed by atoms with Crippen LogP contribution in [0.1, 0.15) is 28.3 Å². The highest BCUT2D eigenvalue weighted by atomic mass is 16.5. The zero-order chi connectivity index (χ0) is 28.9. The molecule has 9 heteroatoms. The Balaban J connectivity index is 1.45. The van der Waals surface area contributed by atoms with Gasteiger partial charge < -0.3 is 29.3 Å². The highest BCUT2D eigenvalue weighted by Crippen LogP contribution is 2.41. The molecule has 2 heterocycles. The predicted molar refractivity (Wildman–Crippen MR) is 153 cm³/mol.